The van der Waals surface area contributed by atoms with Crippen LogP contribution in [0.3, 0.4) is 0 Å². The number of hydrogen-bond donors (Lipinski definition) is 2. The molecule has 0 heterocycles. The van der Waals surface area contributed by atoms with Crippen molar-refractivity contribution in [3.05, 3.63) is 30.1 Å². The number of carbonyl (C=O) groups excluding carboxylic acids is 1. The van der Waals surface area contributed by atoms with Crippen molar-refractivity contribution >= 4 is 5.91 Å². The fourth-order valence-corrected chi connectivity index (χ4v) is 1.79. The van der Waals surface area contributed by atoms with Gasteiger partial charge in [-0.1, -0.05) is 26.0 Å². The summed E-state index contributed by atoms with van der Waals surface area (Å²) in [5.41, 5.74) is 5.32. The van der Waals surface area contributed by atoms with E-state index in [9.17, 15) is 9.18 Å². The molecule has 4 nitrogen and oxygen atoms in total. The van der Waals surface area contributed by atoms with Crippen LogP contribution in [0.25, 0.3) is 0 Å². The van der Waals surface area contributed by atoms with Gasteiger partial charge in [0.2, 0.25) is 5.91 Å². The second kappa shape index (κ2) is 7.98. The summed E-state index contributed by atoms with van der Waals surface area (Å²) in [7, 11) is 0. The van der Waals surface area contributed by atoms with Crippen molar-refractivity contribution in [2.45, 2.75) is 39.2 Å². The summed E-state index contributed by atoms with van der Waals surface area (Å²) in [6.45, 7) is 6.67. The van der Waals surface area contributed by atoms with E-state index in [0.717, 1.165) is 0 Å². The number of nitrogens with one attached hydrogen (secondary N) is 1. The van der Waals surface area contributed by atoms with Crippen molar-refractivity contribution in [3.63, 3.8) is 0 Å². The zero-order valence-corrected chi connectivity index (χ0v) is 13.0. The van der Waals surface area contributed by atoms with Crippen LogP contribution < -0.4 is 15.8 Å². The summed E-state index contributed by atoms with van der Waals surface area (Å²) in [6, 6.07) is 6.23. The van der Waals surface area contributed by atoms with Crippen LogP contribution in [0.2, 0.25) is 0 Å². The van der Waals surface area contributed by atoms with Gasteiger partial charge in [0.1, 0.15) is 0 Å². The summed E-state index contributed by atoms with van der Waals surface area (Å²) in [5.74, 6) is 0.0132. The Labute approximate surface area is 125 Å². The van der Waals surface area contributed by atoms with Gasteiger partial charge in [-0.3, -0.25) is 4.79 Å². The minimum Gasteiger partial charge on any atom is -0.491 e. The molecule has 0 aliphatic rings. The summed E-state index contributed by atoms with van der Waals surface area (Å²) < 4.78 is 18.6. The maximum Gasteiger partial charge on any atom is 0.220 e. The Morgan fingerprint density at radius 3 is 2.67 bits per heavy atom. The Balaban J connectivity index is 2.33. The molecule has 118 valence electrons. The van der Waals surface area contributed by atoms with Gasteiger partial charge in [0.15, 0.2) is 11.6 Å². The van der Waals surface area contributed by atoms with E-state index in [1.807, 2.05) is 20.8 Å². The molecule has 1 unspecified atom stereocenters. The number of nitrogens with two attached hydrogens (primary N) is 1. The quantitative estimate of drug-likeness (QED) is 0.724. The number of para-hydroxylation sites is 1. The van der Waals surface area contributed by atoms with Gasteiger partial charge >= 0.3 is 0 Å². The van der Waals surface area contributed by atoms with Crippen LogP contribution in [0, 0.1) is 11.7 Å². The summed E-state index contributed by atoms with van der Waals surface area (Å²) in [5, 5.41) is 2.96. The van der Waals surface area contributed by atoms with E-state index in [4.69, 9.17) is 10.5 Å². The number of carbonyl (C=O) groups is 1. The lowest BCUT2D eigenvalue weighted by atomic mass is 9.88. The Morgan fingerprint density at radius 1 is 1.43 bits per heavy atom. The Kier molecular flexibility index (Phi) is 6.62. The van der Waals surface area contributed by atoms with Crippen molar-refractivity contribution in [1.82, 2.24) is 5.32 Å². The van der Waals surface area contributed by atoms with Gasteiger partial charge in [-0.2, -0.15) is 0 Å². The summed E-state index contributed by atoms with van der Waals surface area (Å²) in [6.07, 6.45) is 0.857. The average Bonchev–Trinajstić information content (AvgIpc) is 2.45. The number of benzene rings is 1. The lowest BCUT2D eigenvalue weighted by molar-refractivity contribution is -0.123. The third-order valence-corrected chi connectivity index (χ3v) is 3.77. The maximum absolute atomic E-state index is 13.3. The molecule has 0 saturated heterocycles. The molecule has 0 spiro atoms. The molecule has 0 aliphatic carbocycles. The van der Waals surface area contributed by atoms with Crippen molar-refractivity contribution in [2.75, 3.05) is 13.2 Å². The number of amides is 1. The first-order valence-electron chi connectivity index (χ1n) is 7.27. The fourth-order valence-electron chi connectivity index (χ4n) is 1.79. The molecule has 0 bridgehead atoms. The van der Waals surface area contributed by atoms with E-state index in [0.29, 0.717) is 26.0 Å². The second-order valence-corrected chi connectivity index (χ2v) is 5.71. The van der Waals surface area contributed by atoms with E-state index in [2.05, 4.69) is 5.32 Å². The Hall–Kier alpha value is -1.62. The molecule has 0 fully saturated rings. The zero-order chi connectivity index (χ0) is 15.9. The predicted molar refractivity (Wildman–Crippen MR) is 81.6 cm³/mol. The van der Waals surface area contributed by atoms with Gasteiger partial charge in [-0.15, -0.1) is 0 Å². The Bertz CT molecular complexity index is 465. The first-order valence-corrected chi connectivity index (χ1v) is 7.27. The van der Waals surface area contributed by atoms with Gasteiger partial charge in [0.05, 0.1) is 12.1 Å². The molecule has 21 heavy (non-hydrogen) atoms. The molecule has 0 aliphatic heterocycles. The van der Waals surface area contributed by atoms with Crippen molar-refractivity contribution in [3.8, 4) is 5.75 Å². The summed E-state index contributed by atoms with van der Waals surface area (Å²) >= 11 is 0. The van der Waals surface area contributed by atoms with E-state index in [1.54, 1.807) is 18.2 Å². The molecule has 5 heteroatoms. The number of halogens is 1. The van der Waals surface area contributed by atoms with E-state index in [1.165, 1.54) is 6.07 Å². The summed E-state index contributed by atoms with van der Waals surface area (Å²) in [4.78, 5) is 11.9. The highest BCUT2D eigenvalue weighted by Crippen LogP contribution is 2.16. The normalized spacial score (nSPS) is 13.8. The van der Waals surface area contributed by atoms with Crippen molar-refractivity contribution in [1.29, 1.82) is 0 Å². The third-order valence-electron chi connectivity index (χ3n) is 3.77. The molecule has 1 amide bonds. The molecule has 1 aromatic carbocycles. The molecular formula is C16H25FN2O2. The van der Waals surface area contributed by atoms with Crippen molar-refractivity contribution < 1.29 is 13.9 Å². The van der Waals surface area contributed by atoms with Gasteiger partial charge in [0.25, 0.3) is 0 Å². The number of ether oxygens (including phenoxy) is 1. The third kappa shape index (κ3) is 5.34. The lowest BCUT2D eigenvalue weighted by Crippen LogP contribution is -2.55. The van der Waals surface area contributed by atoms with Crippen LogP contribution in [0.1, 0.15) is 33.6 Å². The van der Waals surface area contributed by atoms with E-state index < -0.39 is 11.4 Å². The van der Waals surface area contributed by atoms with Crippen LogP contribution in [-0.2, 0) is 4.79 Å². The van der Waals surface area contributed by atoms with Crippen LogP contribution in [0.4, 0.5) is 4.39 Å². The standard InChI is InChI=1S/C16H25FN2O2/c1-12(2)16(3,11-18)19-15(20)9-6-10-21-14-8-5-4-7-13(14)17/h4-5,7-8,12H,6,9-11,18H2,1-3H3,(H,19,20). The van der Waals surface area contributed by atoms with Gasteiger partial charge < -0.3 is 15.8 Å². The number of rotatable bonds is 8. The topological polar surface area (TPSA) is 64.3 Å². The predicted octanol–water partition coefficient (Wildman–Crippen LogP) is 2.47. The van der Waals surface area contributed by atoms with Gasteiger partial charge in [-0.25, -0.2) is 4.39 Å². The van der Waals surface area contributed by atoms with Gasteiger partial charge in [0, 0.05) is 13.0 Å². The highest BCUT2D eigenvalue weighted by atomic mass is 19.1. The second-order valence-electron chi connectivity index (χ2n) is 5.71. The zero-order valence-electron chi connectivity index (χ0n) is 13.0. The largest absolute Gasteiger partial charge is 0.491 e. The molecular weight excluding hydrogens is 271 g/mol. The van der Waals surface area contributed by atoms with E-state index in [-0.39, 0.29) is 17.6 Å². The molecule has 1 aromatic rings. The SMILES string of the molecule is CC(C)C(C)(CN)NC(=O)CCCOc1ccccc1F. The fraction of sp³-hybridized carbons (Fsp3) is 0.562. The minimum absolute atomic E-state index is 0.0613. The van der Waals surface area contributed by atoms with Crippen LogP contribution >= 0.6 is 0 Å². The first kappa shape index (κ1) is 17.4. The van der Waals surface area contributed by atoms with Gasteiger partial charge in [-0.05, 0) is 31.4 Å². The molecule has 3 N–H and O–H groups in total. The highest BCUT2D eigenvalue weighted by molar-refractivity contribution is 5.76. The molecule has 1 rings (SSSR count). The average molecular weight is 296 g/mol. The molecule has 1 atom stereocenters. The van der Waals surface area contributed by atoms with Crippen LogP contribution in [-0.4, -0.2) is 24.6 Å². The van der Waals surface area contributed by atoms with Crippen molar-refractivity contribution in [2.24, 2.45) is 11.7 Å². The monoisotopic (exact) mass is 296 g/mol. The highest BCUT2D eigenvalue weighted by Gasteiger charge is 2.28. The minimum atomic E-state index is -0.399. The molecule has 0 aromatic heterocycles. The van der Waals surface area contributed by atoms with E-state index >= 15 is 0 Å². The smallest absolute Gasteiger partial charge is 0.220 e. The lowest BCUT2D eigenvalue weighted by Gasteiger charge is -2.33. The Morgan fingerprint density at radius 2 is 2.10 bits per heavy atom. The molecule has 0 saturated carbocycles. The first-order chi connectivity index (χ1) is 9.89. The molecule has 0 radical (unpaired) electrons. The number of hydrogen-bond acceptors (Lipinski definition) is 3. The van der Waals surface area contributed by atoms with Crippen LogP contribution in [0.15, 0.2) is 24.3 Å². The van der Waals surface area contributed by atoms with Crippen LogP contribution in [0.5, 0.6) is 5.75 Å². The maximum atomic E-state index is 13.3.